The average Bonchev–Trinajstić information content (AvgIpc) is 2.26. The van der Waals surface area contributed by atoms with E-state index in [0.29, 0.717) is 5.75 Å². The Morgan fingerprint density at radius 2 is 1.88 bits per heavy atom. The maximum Gasteiger partial charge on any atom is 0.128 e. The predicted octanol–water partition coefficient (Wildman–Crippen LogP) is 2.83. The van der Waals surface area contributed by atoms with Gasteiger partial charge in [0, 0.05) is 16.5 Å². The van der Waals surface area contributed by atoms with Gasteiger partial charge in [0.05, 0.1) is 20.3 Å². The van der Waals surface area contributed by atoms with Gasteiger partial charge in [-0.3, -0.25) is 0 Å². The summed E-state index contributed by atoms with van der Waals surface area (Å²) < 4.78 is 10.4. The van der Waals surface area contributed by atoms with Gasteiger partial charge in [0.1, 0.15) is 11.5 Å². The monoisotopic (exact) mass is 288 g/mol. The van der Waals surface area contributed by atoms with Crippen molar-refractivity contribution in [2.24, 2.45) is 0 Å². The highest BCUT2D eigenvalue weighted by Crippen LogP contribution is 2.35. The number of aryl methyl sites for hydroxylation is 1. The van der Waals surface area contributed by atoms with Crippen LogP contribution in [0.4, 0.5) is 0 Å². The van der Waals surface area contributed by atoms with Crippen LogP contribution in [0, 0.1) is 6.92 Å². The molecule has 0 saturated carbocycles. The van der Waals surface area contributed by atoms with Gasteiger partial charge < -0.3 is 14.6 Å². The fraction of sp³-hybridized carbons (Fsp3) is 0.500. The van der Waals surface area contributed by atoms with Gasteiger partial charge in [-0.05, 0) is 25.5 Å². The van der Waals surface area contributed by atoms with Gasteiger partial charge in [-0.25, -0.2) is 0 Å². The fourth-order valence-corrected chi connectivity index (χ4v) is 1.89. The van der Waals surface area contributed by atoms with Crippen LogP contribution in [0.5, 0.6) is 11.5 Å². The highest BCUT2D eigenvalue weighted by atomic mass is 79.9. The van der Waals surface area contributed by atoms with Crippen LogP contribution in [0.15, 0.2) is 12.1 Å². The highest BCUT2D eigenvalue weighted by molar-refractivity contribution is 9.09. The Labute approximate surface area is 105 Å². The average molecular weight is 289 g/mol. The summed E-state index contributed by atoms with van der Waals surface area (Å²) in [7, 11) is 3.20. The first-order chi connectivity index (χ1) is 7.51. The smallest absolute Gasteiger partial charge is 0.128 e. The van der Waals surface area contributed by atoms with Crippen molar-refractivity contribution in [3.63, 3.8) is 0 Å². The SMILES string of the molecule is COc1cc(C)c(C(O)C(C)Br)c(OC)c1. The number of alkyl halides is 1. The Balaban J connectivity index is 3.26. The molecule has 0 bridgehead atoms. The molecule has 1 rings (SSSR count). The molecule has 3 nitrogen and oxygen atoms in total. The summed E-state index contributed by atoms with van der Waals surface area (Å²) in [5, 5.41) is 10.1. The first kappa shape index (κ1) is 13.3. The molecule has 0 aliphatic rings. The van der Waals surface area contributed by atoms with Gasteiger partial charge in [0.25, 0.3) is 0 Å². The van der Waals surface area contributed by atoms with Crippen LogP contribution in [0.1, 0.15) is 24.2 Å². The Hall–Kier alpha value is -0.740. The zero-order valence-corrected chi connectivity index (χ0v) is 11.5. The largest absolute Gasteiger partial charge is 0.497 e. The van der Waals surface area contributed by atoms with Crippen molar-refractivity contribution in [1.29, 1.82) is 0 Å². The normalized spacial score (nSPS) is 14.4. The second-order valence-corrected chi connectivity index (χ2v) is 5.13. The van der Waals surface area contributed by atoms with E-state index in [9.17, 15) is 5.11 Å². The van der Waals surface area contributed by atoms with Crippen molar-refractivity contribution in [2.45, 2.75) is 24.8 Å². The standard InChI is InChI=1S/C12H17BrO3/c1-7-5-9(15-3)6-10(16-4)11(7)12(14)8(2)13/h5-6,8,12,14H,1-4H3. The van der Waals surface area contributed by atoms with Crippen molar-refractivity contribution >= 4 is 15.9 Å². The molecule has 2 unspecified atom stereocenters. The maximum absolute atomic E-state index is 10.1. The van der Waals surface area contributed by atoms with E-state index in [-0.39, 0.29) is 4.83 Å². The second-order valence-electron chi connectivity index (χ2n) is 3.68. The van der Waals surface area contributed by atoms with E-state index in [1.54, 1.807) is 20.3 Å². The Morgan fingerprint density at radius 1 is 1.25 bits per heavy atom. The van der Waals surface area contributed by atoms with E-state index < -0.39 is 6.10 Å². The number of hydrogen-bond donors (Lipinski definition) is 1. The second kappa shape index (κ2) is 5.55. The molecule has 0 radical (unpaired) electrons. The quantitative estimate of drug-likeness (QED) is 0.866. The minimum absolute atomic E-state index is 0.0338. The van der Waals surface area contributed by atoms with Gasteiger partial charge in [-0.1, -0.05) is 15.9 Å². The van der Waals surface area contributed by atoms with Crippen molar-refractivity contribution in [2.75, 3.05) is 14.2 Å². The van der Waals surface area contributed by atoms with Crippen LogP contribution >= 0.6 is 15.9 Å². The zero-order valence-electron chi connectivity index (χ0n) is 9.95. The number of halogens is 1. The van der Waals surface area contributed by atoms with Gasteiger partial charge in [0.15, 0.2) is 0 Å². The van der Waals surface area contributed by atoms with Crippen molar-refractivity contribution in [3.05, 3.63) is 23.3 Å². The van der Waals surface area contributed by atoms with E-state index in [0.717, 1.165) is 16.9 Å². The molecule has 1 N–H and O–H groups in total. The highest BCUT2D eigenvalue weighted by Gasteiger charge is 2.21. The molecule has 16 heavy (non-hydrogen) atoms. The van der Waals surface area contributed by atoms with Gasteiger partial charge >= 0.3 is 0 Å². The number of methoxy groups -OCH3 is 2. The molecule has 1 aromatic rings. The Morgan fingerprint density at radius 3 is 2.31 bits per heavy atom. The summed E-state index contributed by atoms with van der Waals surface area (Å²) in [6.07, 6.45) is -0.596. The van der Waals surface area contributed by atoms with Crippen LogP contribution in [-0.4, -0.2) is 24.2 Å². The van der Waals surface area contributed by atoms with Crippen molar-refractivity contribution in [3.8, 4) is 11.5 Å². The maximum atomic E-state index is 10.1. The zero-order chi connectivity index (χ0) is 12.3. The molecule has 0 aromatic heterocycles. The number of hydrogen-bond acceptors (Lipinski definition) is 3. The van der Waals surface area contributed by atoms with E-state index in [4.69, 9.17) is 9.47 Å². The molecule has 0 spiro atoms. The molecule has 0 aliphatic carbocycles. The lowest BCUT2D eigenvalue weighted by atomic mass is 10.00. The van der Waals surface area contributed by atoms with E-state index >= 15 is 0 Å². The van der Waals surface area contributed by atoms with E-state index in [1.807, 2.05) is 19.9 Å². The summed E-state index contributed by atoms with van der Waals surface area (Å²) in [6, 6.07) is 3.66. The van der Waals surface area contributed by atoms with Crippen LogP contribution in [0.2, 0.25) is 0 Å². The lowest BCUT2D eigenvalue weighted by Crippen LogP contribution is -2.11. The third-order valence-corrected chi connectivity index (χ3v) is 3.01. The number of rotatable bonds is 4. The Bertz CT molecular complexity index is 364. The number of aliphatic hydroxyl groups is 1. The number of ether oxygens (including phenoxy) is 2. The summed E-state index contributed by atoms with van der Waals surface area (Å²) >= 11 is 3.37. The molecule has 0 fully saturated rings. The van der Waals surface area contributed by atoms with Gasteiger partial charge in [-0.2, -0.15) is 0 Å². The molecule has 0 saturated heterocycles. The lowest BCUT2D eigenvalue weighted by Gasteiger charge is -2.20. The number of aliphatic hydroxyl groups excluding tert-OH is 1. The van der Waals surface area contributed by atoms with E-state index in [1.165, 1.54) is 0 Å². The molecule has 90 valence electrons. The minimum Gasteiger partial charge on any atom is -0.497 e. The summed E-state index contributed by atoms with van der Waals surface area (Å²) in [6.45, 7) is 3.83. The summed E-state index contributed by atoms with van der Waals surface area (Å²) in [4.78, 5) is -0.0338. The third-order valence-electron chi connectivity index (χ3n) is 2.51. The fourth-order valence-electron chi connectivity index (χ4n) is 1.63. The lowest BCUT2D eigenvalue weighted by molar-refractivity contribution is 0.176. The third kappa shape index (κ3) is 2.68. The van der Waals surface area contributed by atoms with E-state index in [2.05, 4.69) is 15.9 Å². The van der Waals surface area contributed by atoms with Crippen LogP contribution < -0.4 is 9.47 Å². The van der Waals surface area contributed by atoms with Crippen molar-refractivity contribution < 1.29 is 14.6 Å². The predicted molar refractivity (Wildman–Crippen MR) is 67.6 cm³/mol. The first-order valence-corrected chi connectivity index (χ1v) is 5.97. The molecule has 2 atom stereocenters. The molecule has 4 heteroatoms. The topological polar surface area (TPSA) is 38.7 Å². The van der Waals surface area contributed by atoms with Crippen LogP contribution in [-0.2, 0) is 0 Å². The summed E-state index contributed by atoms with van der Waals surface area (Å²) in [5.74, 6) is 1.38. The van der Waals surface area contributed by atoms with Crippen molar-refractivity contribution in [1.82, 2.24) is 0 Å². The Kier molecular flexibility index (Phi) is 4.62. The molecule has 0 heterocycles. The van der Waals surface area contributed by atoms with Gasteiger partial charge in [0.2, 0.25) is 0 Å². The van der Waals surface area contributed by atoms with Crippen LogP contribution in [0.25, 0.3) is 0 Å². The molecular formula is C12H17BrO3. The molecule has 1 aromatic carbocycles. The first-order valence-electron chi connectivity index (χ1n) is 5.06. The van der Waals surface area contributed by atoms with Crippen LogP contribution in [0.3, 0.4) is 0 Å². The molecule has 0 amide bonds. The number of benzene rings is 1. The summed E-state index contributed by atoms with van der Waals surface area (Å²) in [5.41, 5.74) is 1.75. The molecule has 0 aliphatic heterocycles. The molecular weight excluding hydrogens is 272 g/mol. The van der Waals surface area contributed by atoms with Gasteiger partial charge in [-0.15, -0.1) is 0 Å². The minimum atomic E-state index is -0.596.